The number of carboxylic acids is 1. The van der Waals surface area contributed by atoms with Gasteiger partial charge in [-0.1, -0.05) is 62.4 Å². The third kappa shape index (κ3) is 6.68. The quantitative estimate of drug-likeness (QED) is 0.297. The van der Waals surface area contributed by atoms with E-state index in [1.54, 1.807) is 6.20 Å². The third-order valence-electron chi connectivity index (χ3n) is 5.69. The lowest BCUT2D eigenvalue weighted by molar-refractivity contribution is -0.142. The molecule has 6 N–H and O–H groups in total. The van der Waals surface area contributed by atoms with Gasteiger partial charge in [0.25, 0.3) is 0 Å². The first-order chi connectivity index (χ1) is 16.2. The first-order valence-corrected chi connectivity index (χ1v) is 11.4. The summed E-state index contributed by atoms with van der Waals surface area (Å²) in [5.41, 5.74) is 8.52. The van der Waals surface area contributed by atoms with E-state index in [4.69, 9.17) is 5.73 Å². The van der Waals surface area contributed by atoms with Crippen molar-refractivity contribution >= 4 is 28.7 Å². The highest BCUT2D eigenvalue weighted by Gasteiger charge is 2.29. The van der Waals surface area contributed by atoms with E-state index in [1.807, 2.05) is 68.4 Å². The van der Waals surface area contributed by atoms with Gasteiger partial charge >= 0.3 is 5.97 Å². The molecular formula is C26H32N4O4. The van der Waals surface area contributed by atoms with Gasteiger partial charge in [-0.3, -0.25) is 9.59 Å². The number of hydrogen-bond acceptors (Lipinski definition) is 4. The number of aromatic nitrogens is 1. The molecule has 0 bridgehead atoms. The fraction of sp³-hybridized carbons (Fsp3) is 0.346. The van der Waals surface area contributed by atoms with Crippen LogP contribution in [-0.2, 0) is 27.2 Å². The van der Waals surface area contributed by atoms with Crippen LogP contribution in [-0.4, -0.2) is 46.0 Å². The predicted octanol–water partition coefficient (Wildman–Crippen LogP) is 2.38. The van der Waals surface area contributed by atoms with Crippen LogP contribution in [0.25, 0.3) is 10.9 Å². The second-order valence-electron chi connectivity index (χ2n) is 8.95. The summed E-state index contributed by atoms with van der Waals surface area (Å²) in [7, 11) is 0. The van der Waals surface area contributed by atoms with Crippen LogP contribution in [0.4, 0.5) is 0 Å². The number of carbonyl (C=O) groups excluding carboxylic acids is 2. The van der Waals surface area contributed by atoms with Crippen molar-refractivity contribution in [1.82, 2.24) is 15.6 Å². The van der Waals surface area contributed by atoms with Crippen molar-refractivity contribution in [2.45, 2.75) is 51.2 Å². The van der Waals surface area contributed by atoms with Crippen LogP contribution in [0.2, 0.25) is 0 Å². The molecule has 0 radical (unpaired) electrons. The molecule has 2 amide bonds. The van der Waals surface area contributed by atoms with Crippen molar-refractivity contribution in [1.29, 1.82) is 0 Å². The smallest absolute Gasteiger partial charge is 0.326 e. The summed E-state index contributed by atoms with van der Waals surface area (Å²) in [4.78, 5) is 41.0. The van der Waals surface area contributed by atoms with E-state index in [0.29, 0.717) is 6.42 Å². The average Bonchev–Trinajstić information content (AvgIpc) is 3.21. The van der Waals surface area contributed by atoms with Crippen molar-refractivity contribution in [3.8, 4) is 0 Å². The molecule has 3 unspecified atom stereocenters. The first-order valence-electron chi connectivity index (χ1n) is 11.4. The molecule has 3 atom stereocenters. The molecule has 0 aliphatic carbocycles. The van der Waals surface area contributed by atoms with E-state index in [-0.39, 0.29) is 18.8 Å². The lowest BCUT2D eigenvalue weighted by Crippen LogP contribution is -2.55. The number of aromatic amines is 1. The number of nitrogens with one attached hydrogen (secondary N) is 3. The Bertz CT molecular complexity index is 1130. The normalized spacial score (nSPS) is 13.9. The van der Waals surface area contributed by atoms with E-state index >= 15 is 0 Å². The van der Waals surface area contributed by atoms with Crippen molar-refractivity contribution in [2.24, 2.45) is 11.7 Å². The number of para-hydroxylation sites is 1. The molecule has 0 aliphatic rings. The molecule has 1 heterocycles. The summed E-state index contributed by atoms with van der Waals surface area (Å²) in [5.74, 6) is -1.94. The zero-order valence-electron chi connectivity index (χ0n) is 19.5. The number of nitrogens with two attached hydrogens (primary N) is 1. The molecule has 0 aliphatic heterocycles. The van der Waals surface area contributed by atoms with Crippen molar-refractivity contribution in [2.75, 3.05) is 0 Å². The van der Waals surface area contributed by atoms with Gasteiger partial charge in [0.05, 0.1) is 6.04 Å². The molecule has 0 saturated carbocycles. The Morgan fingerprint density at radius 3 is 2.24 bits per heavy atom. The molecule has 0 saturated heterocycles. The molecule has 1 aromatic heterocycles. The van der Waals surface area contributed by atoms with Crippen molar-refractivity contribution < 1.29 is 19.5 Å². The fourth-order valence-electron chi connectivity index (χ4n) is 3.95. The minimum Gasteiger partial charge on any atom is -0.480 e. The van der Waals surface area contributed by atoms with Gasteiger partial charge in [-0.25, -0.2) is 4.79 Å². The highest BCUT2D eigenvalue weighted by atomic mass is 16.4. The van der Waals surface area contributed by atoms with Crippen LogP contribution in [0.3, 0.4) is 0 Å². The molecular weight excluding hydrogens is 432 g/mol. The van der Waals surface area contributed by atoms with E-state index in [2.05, 4.69) is 15.6 Å². The van der Waals surface area contributed by atoms with E-state index in [0.717, 1.165) is 22.0 Å². The number of benzene rings is 2. The molecule has 0 spiro atoms. The van der Waals surface area contributed by atoms with Gasteiger partial charge in [0.15, 0.2) is 0 Å². The third-order valence-corrected chi connectivity index (χ3v) is 5.69. The van der Waals surface area contributed by atoms with Gasteiger partial charge in [0, 0.05) is 29.9 Å². The zero-order valence-corrected chi connectivity index (χ0v) is 19.5. The van der Waals surface area contributed by atoms with Crippen LogP contribution in [0.15, 0.2) is 60.8 Å². The monoisotopic (exact) mass is 464 g/mol. The summed E-state index contributed by atoms with van der Waals surface area (Å²) >= 11 is 0. The average molecular weight is 465 g/mol. The van der Waals surface area contributed by atoms with Crippen LogP contribution in [0, 0.1) is 5.92 Å². The van der Waals surface area contributed by atoms with Crippen molar-refractivity contribution in [3.05, 3.63) is 71.9 Å². The number of hydrogen-bond donors (Lipinski definition) is 5. The van der Waals surface area contributed by atoms with Gasteiger partial charge < -0.3 is 26.5 Å². The van der Waals surface area contributed by atoms with Gasteiger partial charge in [-0.2, -0.15) is 0 Å². The number of H-pyrrole nitrogens is 1. The van der Waals surface area contributed by atoms with Crippen LogP contribution in [0.1, 0.15) is 31.4 Å². The molecule has 2 aromatic carbocycles. The molecule has 8 nitrogen and oxygen atoms in total. The Hall–Kier alpha value is -3.65. The van der Waals surface area contributed by atoms with Crippen molar-refractivity contribution in [3.63, 3.8) is 0 Å². The van der Waals surface area contributed by atoms with Gasteiger partial charge in [-0.05, 0) is 29.5 Å². The highest BCUT2D eigenvalue weighted by molar-refractivity contribution is 5.92. The molecule has 8 heteroatoms. The number of amides is 2. The molecule has 180 valence electrons. The molecule has 3 rings (SSSR count). The van der Waals surface area contributed by atoms with E-state index in [1.165, 1.54) is 0 Å². The maximum absolute atomic E-state index is 13.2. The number of carboxylic acid groups (broad SMARTS) is 1. The number of fused-ring (bicyclic) bond motifs is 1. The minimum absolute atomic E-state index is 0.101. The maximum Gasteiger partial charge on any atom is 0.326 e. The van der Waals surface area contributed by atoms with Crippen LogP contribution in [0.5, 0.6) is 0 Å². The molecule has 3 aromatic rings. The Kier molecular flexibility index (Phi) is 8.43. The van der Waals surface area contributed by atoms with Gasteiger partial charge in [0.1, 0.15) is 12.1 Å². The topological polar surface area (TPSA) is 137 Å². The summed E-state index contributed by atoms with van der Waals surface area (Å²) in [6.07, 6.45) is 2.54. The lowest BCUT2D eigenvalue weighted by Gasteiger charge is -2.23. The number of rotatable bonds is 11. The Morgan fingerprint density at radius 1 is 0.912 bits per heavy atom. The summed E-state index contributed by atoms with van der Waals surface area (Å²) in [5, 5.41) is 16.0. The number of carbonyl (C=O) groups is 3. The zero-order chi connectivity index (χ0) is 24.7. The van der Waals surface area contributed by atoms with Crippen LogP contribution >= 0.6 is 0 Å². The first kappa shape index (κ1) is 25.0. The highest BCUT2D eigenvalue weighted by Crippen LogP contribution is 2.19. The molecule has 0 fully saturated rings. The molecule has 34 heavy (non-hydrogen) atoms. The largest absolute Gasteiger partial charge is 0.480 e. The maximum atomic E-state index is 13.2. The SMILES string of the molecule is CC(C)CC(N)C(=O)NC(Cc1ccccc1)C(=O)NC(Cc1c[nH]c2ccccc12)C(=O)O. The van der Waals surface area contributed by atoms with E-state index < -0.39 is 35.9 Å². The van der Waals surface area contributed by atoms with Gasteiger partial charge in [-0.15, -0.1) is 0 Å². The summed E-state index contributed by atoms with van der Waals surface area (Å²) < 4.78 is 0. The van der Waals surface area contributed by atoms with Crippen LogP contribution < -0.4 is 16.4 Å². The second kappa shape index (κ2) is 11.5. The summed E-state index contributed by atoms with van der Waals surface area (Å²) in [6, 6.07) is 13.9. The Morgan fingerprint density at radius 2 is 1.56 bits per heavy atom. The Labute approximate surface area is 198 Å². The summed E-state index contributed by atoms with van der Waals surface area (Å²) in [6.45, 7) is 3.92. The van der Waals surface area contributed by atoms with E-state index in [9.17, 15) is 19.5 Å². The second-order valence-corrected chi connectivity index (χ2v) is 8.95. The lowest BCUT2D eigenvalue weighted by atomic mass is 10.0. The Balaban J connectivity index is 1.77. The fourth-order valence-corrected chi connectivity index (χ4v) is 3.95. The predicted molar refractivity (Wildman–Crippen MR) is 131 cm³/mol. The van der Waals surface area contributed by atoms with Gasteiger partial charge in [0.2, 0.25) is 11.8 Å². The standard InChI is InChI=1S/C26H32N4O4/c1-16(2)12-20(27)24(31)29-22(13-17-8-4-3-5-9-17)25(32)30-23(26(33)34)14-18-15-28-21-11-7-6-10-19(18)21/h3-11,15-16,20,22-23,28H,12-14,27H2,1-2H3,(H,29,31)(H,30,32)(H,33,34). The minimum atomic E-state index is -1.16. The number of aliphatic carboxylic acids is 1.